The summed E-state index contributed by atoms with van der Waals surface area (Å²) < 4.78 is 13.6. The molecular formula is C27H37N3O5. The number of hydrogen-bond donors (Lipinski definition) is 1. The average Bonchev–Trinajstić information content (AvgIpc) is 3.51. The van der Waals surface area contributed by atoms with Crippen molar-refractivity contribution in [2.75, 3.05) is 18.6 Å². The largest absolute Gasteiger partial charge is 0.481 e. The summed E-state index contributed by atoms with van der Waals surface area (Å²) in [6, 6.07) is 4.90. The van der Waals surface area contributed by atoms with Gasteiger partial charge in [-0.2, -0.15) is 4.98 Å². The number of aromatic nitrogens is 2. The zero-order chi connectivity index (χ0) is 24.5. The van der Waals surface area contributed by atoms with Crippen molar-refractivity contribution in [2.24, 2.45) is 11.8 Å². The maximum absolute atomic E-state index is 12.6. The summed E-state index contributed by atoms with van der Waals surface area (Å²) >= 11 is 0. The molecule has 35 heavy (non-hydrogen) atoms. The molecule has 1 atom stereocenters. The molecule has 8 nitrogen and oxygen atoms in total. The van der Waals surface area contributed by atoms with E-state index in [1.165, 1.54) is 32.8 Å². The molecule has 0 bridgehead atoms. The number of methoxy groups -OCH3 is 1. The van der Waals surface area contributed by atoms with E-state index in [1.807, 2.05) is 19.1 Å². The number of imidazole rings is 1. The van der Waals surface area contributed by atoms with Crippen molar-refractivity contribution in [3.8, 4) is 6.01 Å². The molecule has 2 aromatic rings. The molecule has 2 heterocycles. The number of anilines is 1. The van der Waals surface area contributed by atoms with Crippen LogP contribution in [-0.4, -0.2) is 46.5 Å². The summed E-state index contributed by atoms with van der Waals surface area (Å²) in [5.41, 5.74) is 3.82. The van der Waals surface area contributed by atoms with E-state index < -0.39 is 5.97 Å². The van der Waals surface area contributed by atoms with E-state index in [-0.39, 0.29) is 24.1 Å². The Labute approximate surface area is 206 Å². The number of carbonyl (C=O) groups is 2. The number of fused-ring (bicyclic) bond motifs is 3. The Morgan fingerprint density at radius 2 is 1.83 bits per heavy atom. The Kier molecular flexibility index (Phi) is 6.89. The molecule has 0 radical (unpaired) electrons. The monoisotopic (exact) mass is 483 g/mol. The van der Waals surface area contributed by atoms with E-state index in [0.717, 1.165) is 60.3 Å². The Morgan fingerprint density at radius 3 is 2.51 bits per heavy atom. The second-order valence-corrected chi connectivity index (χ2v) is 10.6. The van der Waals surface area contributed by atoms with Gasteiger partial charge in [0, 0.05) is 17.6 Å². The van der Waals surface area contributed by atoms with Crippen LogP contribution >= 0.6 is 0 Å². The predicted molar refractivity (Wildman–Crippen MR) is 133 cm³/mol. The first-order chi connectivity index (χ1) is 17.0. The van der Waals surface area contributed by atoms with Gasteiger partial charge in [-0.1, -0.05) is 25.7 Å². The fraction of sp³-hybridized carbons (Fsp3) is 0.667. The highest BCUT2D eigenvalue weighted by Crippen LogP contribution is 2.42. The van der Waals surface area contributed by atoms with Gasteiger partial charge in [0.1, 0.15) is 0 Å². The molecule has 0 spiro atoms. The van der Waals surface area contributed by atoms with Crippen LogP contribution in [0.5, 0.6) is 6.01 Å². The summed E-state index contributed by atoms with van der Waals surface area (Å²) in [5, 5.41) is 9.46. The Bertz CT molecular complexity index is 1080. The van der Waals surface area contributed by atoms with Crippen LogP contribution in [0.3, 0.4) is 0 Å². The molecule has 190 valence electrons. The second-order valence-electron chi connectivity index (χ2n) is 10.6. The van der Waals surface area contributed by atoms with E-state index in [1.54, 1.807) is 4.90 Å². The number of carbonyl (C=O) groups excluding carboxylic acids is 1. The number of hydrogen-bond acceptors (Lipinski definition) is 5. The van der Waals surface area contributed by atoms with Crippen LogP contribution in [0.15, 0.2) is 12.1 Å². The lowest BCUT2D eigenvalue weighted by molar-refractivity contribution is -0.143. The molecule has 1 aromatic carbocycles. The minimum absolute atomic E-state index is 0.0583. The molecule has 2 saturated carbocycles. The Balaban J connectivity index is 1.50. The lowest BCUT2D eigenvalue weighted by Gasteiger charge is -2.34. The van der Waals surface area contributed by atoms with Gasteiger partial charge in [0.05, 0.1) is 36.4 Å². The quantitative estimate of drug-likeness (QED) is 0.565. The third-order valence-electron chi connectivity index (χ3n) is 8.44. The summed E-state index contributed by atoms with van der Waals surface area (Å²) in [6.45, 7) is 2.69. The minimum Gasteiger partial charge on any atom is -0.481 e. The van der Waals surface area contributed by atoms with Crippen molar-refractivity contribution < 1.29 is 24.2 Å². The zero-order valence-corrected chi connectivity index (χ0v) is 20.9. The molecule has 5 rings (SSSR count). The van der Waals surface area contributed by atoms with Gasteiger partial charge >= 0.3 is 12.1 Å². The van der Waals surface area contributed by atoms with Crippen LogP contribution in [0, 0.1) is 11.8 Å². The van der Waals surface area contributed by atoms with Gasteiger partial charge < -0.3 is 14.6 Å². The Hall–Kier alpha value is -2.77. The van der Waals surface area contributed by atoms with Gasteiger partial charge in [0.15, 0.2) is 0 Å². The van der Waals surface area contributed by atoms with Crippen LogP contribution in [0.25, 0.3) is 11.0 Å². The molecule has 0 saturated heterocycles. The van der Waals surface area contributed by atoms with Crippen molar-refractivity contribution in [1.82, 2.24) is 9.55 Å². The number of carboxylic acid groups (broad SMARTS) is 1. The van der Waals surface area contributed by atoms with Crippen LogP contribution in [0.1, 0.15) is 82.7 Å². The molecule has 8 heteroatoms. The third-order valence-corrected chi connectivity index (χ3v) is 8.44. The molecular weight excluding hydrogens is 446 g/mol. The molecule has 1 N–H and O–H groups in total. The van der Waals surface area contributed by atoms with Crippen molar-refractivity contribution in [3.05, 3.63) is 17.7 Å². The van der Waals surface area contributed by atoms with Crippen molar-refractivity contribution in [2.45, 2.75) is 89.6 Å². The van der Waals surface area contributed by atoms with Crippen LogP contribution in [0.4, 0.5) is 10.5 Å². The predicted octanol–water partition coefficient (Wildman–Crippen LogP) is 5.72. The maximum Gasteiger partial charge on any atom is 0.414 e. The van der Waals surface area contributed by atoms with Crippen molar-refractivity contribution >= 4 is 28.8 Å². The average molecular weight is 484 g/mol. The first kappa shape index (κ1) is 23.9. The standard InChI is InChI=1S/C27H37N3O5/c1-17-7-12-21-22(29(17)27(33)34-2)13-14-23-24(21)28-26(35-16-15-18-5-3-4-6-18)30(23)20-10-8-19(9-11-20)25(31)32/h13-14,17-20H,3-12,15-16H2,1-2H3,(H,31,32). The van der Waals surface area contributed by atoms with Crippen molar-refractivity contribution in [1.29, 1.82) is 0 Å². The summed E-state index contributed by atoms with van der Waals surface area (Å²) in [7, 11) is 1.42. The first-order valence-electron chi connectivity index (χ1n) is 13.2. The second kappa shape index (κ2) is 10.1. The molecule has 1 amide bonds. The molecule has 3 aliphatic rings. The first-order valence-corrected chi connectivity index (χ1v) is 13.2. The fourth-order valence-corrected chi connectivity index (χ4v) is 6.41. The number of benzene rings is 1. The molecule has 1 unspecified atom stereocenters. The van der Waals surface area contributed by atoms with Crippen LogP contribution in [-0.2, 0) is 16.0 Å². The van der Waals surface area contributed by atoms with E-state index in [2.05, 4.69) is 4.57 Å². The number of carboxylic acids is 1. The lowest BCUT2D eigenvalue weighted by atomic mass is 9.86. The van der Waals surface area contributed by atoms with E-state index in [4.69, 9.17) is 14.5 Å². The van der Waals surface area contributed by atoms with E-state index >= 15 is 0 Å². The van der Waals surface area contributed by atoms with Gasteiger partial charge in [0.2, 0.25) is 0 Å². The topological polar surface area (TPSA) is 93.9 Å². The molecule has 1 aliphatic heterocycles. The van der Waals surface area contributed by atoms with Gasteiger partial charge in [0.25, 0.3) is 6.01 Å². The molecule has 1 aromatic heterocycles. The number of ether oxygens (including phenoxy) is 2. The highest BCUT2D eigenvalue weighted by molar-refractivity contribution is 5.95. The Morgan fingerprint density at radius 1 is 1.09 bits per heavy atom. The smallest absolute Gasteiger partial charge is 0.414 e. The normalized spacial score (nSPS) is 25.0. The SMILES string of the molecule is COC(=O)N1c2ccc3c(nc(OCCC4CCCC4)n3C3CCC(C(=O)O)CC3)c2CCC1C. The van der Waals surface area contributed by atoms with Gasteiger partial charge in [-0.05, 0) is 69.9 Å². The highest BCUT2D eigenvalue weighted by atomic mass is 16.5. The summed E-state index contributed by atoms with van der Waals surface area (Å²) in [6.07, 6.45) is 10.5. The minimum atomic E-state index is -0.696. The van der Waals surface area contributed by atoms with Gasteiger partial charge in [-0.3, -0.25) is 14.3 Å². The highest BCUT2D eigenvalue weighted by Gasteiger charge is 2.34. The van der Waals surface area contributed by atoms with Gasteiger partial charge in [-0.25, -0.2) is 4.79 Å². The fourth-order valence-electron chi connectivity index (χ4n) is 6.41. The number of amides is 1. The summed E-state index contributed by atoms with van der Waals surface area (Å²) in [4.78, 5) is 30.8. The number of rotatable bonds is 6. The summed E-state index contributed by atoms with van der Waals surface area (Å²) in [5.74, 6) is -0.226. The van der Waals surface area contributed by atoms with Crippen LogP contribution in [0.2, 0.25) is 0 Å². The maximum atomic E-state index is 12.6. The number of aryl methyl sites for hydroxylation is 1. The van der Waals surface area contributed by atoms with Crippen molar-refractivity contribution in [3.63, 3.8) is 0 Å². The third kappa shape index (κ3) is 4.59. The molecule has 2 fully saturated rings. The van der Waals surface area contributed by atoms with E-state index in [9.17, 15) is 14.7 Å². The zero-order valence-electron chi connectivity index (χ0n) is 20.9. The van der Waals surface area contributed by atoms with Crippen LogP contribution < -0.4 is 9.64 Å². The number of aliphatic carboxylic acids is 1. The number of nitrogens with zero attached hydrogens (tertiary/aromatic N) is 3. The molecule has 2 aliphatic carbocycles. The van der Waals surface area contributed by atoms with Gasteiger partial charge in [-0.15, -0.1) is 0 Å². The lowest BCUT2D eigenvalue weighted by Crippen LogP contribution is -2.42. The van der Waals surface area contributed by atoms with E-state index in [0.29, 0.717) is 25.5 Å².